The summed E-state index contributed by atoms with van der Waals surface area (Å²) in [6.07, 6.45) is 0. The van der Waals surface area contributed by atoms with Crippen LogP contribution in [0.4, 0.5) is 0 Å². The molecule has 0 saturated heterocycles. The molecule has 0 radical (unpaired) electrons. The lowest BCUT2D eigenvalue weighted by molar-refractivity contribution is 0.0817. The molecule has 0 aliphatic carbocycles. The normalized spacial score (nSPS) is 10.9. The van der Waals surface area contributed by atoms with Gasteiger partial charge in [-0.2, -0.15) is 0 Å². The van der Waals surface area contributed by atoms with Gasteiger partial charge in [0, 0.05) is 36.4 Å². The lowest BCUT2D eigenvalue weighted by atomic mass is 9.99. The lowest BCUT2D eigenvalue weighted by Crippen LogP contribution is -2.24. The van der Waals surface area contributed by atoms with Crippen molar-refractivity contribution in [1.29, 1.82) is 0 Å². The molecular weight excluding hydrogens is 359 g/mol. The van der Waals surface area contributed by atoms with E-state index in [9.17, 15) is 9.59 Å². The van der Waals surface area contributed by atoms with E-state index in [1.807, 2.05) is 0 Å². The Kier molecular flexibility index (Phi) is 4.84. The van der Waals surface area contributed by atoms with Gasteiger partial charge in [-0.15, -0.1) is 11.6 Å². The van der Waals surface area contributed by atoms with Gasteiger partial charge >= 0.3 is 0 Å². The third-order valence-corrected chi connectivity index (χ3v) is 4.61. The molecule has 128 valence electrons. The highest BCUT2D eigenvalue weighted by molar-refractivity contribution is 6.38. The molecule has 25 heavy (non-hydrogen) atoms. The number of fused-ring (bicyclic) bond motifs is 1. The summed E-state index contributed by atoms with van der Waals surface area (Å²) in [6.45, 7) is 0. The van der Waals surface area contributed by atoms with E-state index in [1.165, 1.54) is 4.90 Å². The number of carbonyl (C=O) groups excluding carboxylic acids is 2. The first-order valence-electron chi connectivity index (χ1n) is 7.65. The van der Waals surface area contributed by atoms with Crippen molar-refractivity contribution in [2.75, 3.05) is 14.1 Å². The molecule has 3 rings (SSSR count). The fourth-order valence-corrected chi connectivity index (χ4v) is 3.15. The van der Waals surface area contributed by atoms with Gasteiger partial charge in [-0.25, -0.2) is 0 Å². The summed E-state index contributed by atoms with van der Waals surface area (Å²) in [5.41, 5.74) is 2.57. The second-order valence-corrected chi connectivity index (χ2v) is 6.57. The predicted octanol–water partition coefficient (Wildman–Crippen LogP) is 4.49. The second-order valence-electron chi connectivity index (χ2n) is 5.90. The highest BCUT2D eigenvalue weighted by atomic mass is 35.5. The minimum atomic E-state index is -0.284. The average molecular weight is 375 g/mol. The molecule has 0 aliphatic heterocycles. The Balaban J connectivity index is 2.23. The molecule has 0 spiro atoms. The van der Waals surface area contributed by atoms with Crippen LogP contribution in [-0.4, -0.2) is 35.7 Å². The molecule has 1 N–H and O–H groups in total. The van der Waals surface area contributed by atoms with Crippen LogP contribution in [0.15, 0.2) is 42.5 Å². The minimum absolute atomic E-state index is 0.236. The number of nitrogens with zero attached hydrogens (tertiary/aromatic N) is 1. The van der Waals surface area contributed by atoms with Crippen LogP contribution in [0.3, 0.4) is 0 Å². The Morgan fingerprint density at radius 1 is 1.08 bits per heavy atom. The van der Waals surface area contributed by atoms with Crippen LogP contribution in [0.1, 0.15) is 32.0 Å². The number of carbonyl (C=O) groups is 2. The molecule has 3 aromatic rings. The molecule has 1 aromatic heterocycles. The number of H-pyrrole nitrogens is 1. The Hall–Kier alpha value is -2.30. The van der Waals surface area contributed by atoms with Gasteiger partial charge in [-0.3, -0.25) is 9.59 Å². The second kappa shape index (κ2) is 6.90. The van der Waals surface area contributed by atoms with Crippen LogP contribution in [0.2, 0.25) is 5.02 Å². The first-order chi connectivity index (χ1) is 11.9. The van der Waals surface area contributed by atoms with Crippen molar-refractivity contribution in [3.63, 3.8) is 0 Å². The van der Waals surface area contributed by atoms with Gasteiger partial charge in [0.25, 0.3) is 5.91 Å². The fourth-order valence-electron chi connectivity index (χ4n) is 2.71. The van der Waals surface area contributed by atoms with Crippen LogP contribution in [0.25, 0.3) is 10.9 Å². The van der Waals surface area contributed by atoms with E-state index < -0.39 is 0 Å². The van der Waals surface area contributed by atoms with Gasteiger partial charge in [-0.05, 0) is 17.7 Å². The maximum absolute atomic E-state index is 13.1. The third kappa shape index (κ3) is 3.15. The van der Waals surface area contributed by atoms with Gasteiger partial charge in [0.15, 0.2) is 5.78 Å². The number of halogens is 2. The summed E-state index contributed by atoms with van der Waals surface area (Å²) >= 11 is 12.1. The molecule has 0 saturated carbocycles. The van der Waals surface area contributed by atoms with E-state index in [0.29, 0.717) is 27.4 Å². The number of aromatic amines is 1. The number of amides is 1. The van der Waals surface area contributed by atoms with Crippen molar-refractivity contribution in [3.05, 3.63) is 69.9 Å². The molecular formula is C19H16Cl2N2O2. The summed E-state index contributed by atoms with van der Waals surface area (Å²) in [7, 11) is 3.28. The SMILES string of the molecule is CN(C)C(=O)c1[nH]c2cccc(Cl)c2c1C(=O)c1ccc(CCl)cc1. The highest BCUT2D eigenvalue weighted by Gasteiger charge is 2.26. The van der Waals surface area contributed by atoms with Crippen molar-refractivity contribution < 1.29 is 9.59 Å². The van der Waals surface area contributed by atoms with Gasteiger partial charge in [0.2, 0.25) is 0 Å². The zero-order chi connectivity index (χ0) is 18.1. The summed E-state index contributed by atoms with van der Waals surface area (Å²) in [5.74, 6) is -0.170. The maximum Gasteiger partial charge on any atom is 0.270 e. The number of hydrogen-bond acceptors (Lipinski definition) is 2. The average Bonchev–Trinajstić information content (AvgIpc) is 3.01. The van der Waals surface area contributed by atoms with E-state index in [0.717, 1.165) is 5.56 Å². The molecule has 2 aromatic carbocycles. The molecule has 0 atom stereocenters. The van der Waals surface area contributed by atoms with Crippen LogP contribution in [-0.2, 0) is 5.88 Å². The van der Waals surface area contributed by atoms with Crippen molar-refractivity contribution in [2.45, 2.75) is 5.88 Å². The van der Waals surface area contributed by atoms with Crippen LogP contribution >= 0.6 is 23.2 Å². The molecule has 0 bridgehead atoms. The first-order valence-corrected chi connectivity index (χ1v) is 8.56. The number of benzene rings is 2. The molecule has 0 aliphatic rings. The molecule has 0 fully saturated rings. The Morgan fingerprint density at radius 3 is 2.36 bits per heavy atom. The summed E-state index contributed by atoms with van der Waals surface area (Å²) in [5, 5.41) is 0.980. The number of hydrogen-bond donors (Lipinski definition) is 1. The smallest absolute Gasteiger partial charge is 0.270 e. The summed E-state index contributed by atoms with van der Waals surface area (Å²) in [6, 6.07) is 12.3. The van der Waals surface area contributed by atoms with Crippen molar-refractivity contribution >= 4 is 45.8 Å². The number of alkyl halides is 1. The molecule has 4 nitrogen and oxygen atoms in total. The van der Waals surface area contributed by atoms with Crippen molar-refractivity contribution in [1.82, 2.24) is 9.88 Å². The first kappa shape index (κ1) is 17.5. The standard InChI is InChI=1S/C19H16Cl2N2O2/c1-23(2)19(25)17-16(15-13(21)4-3-5-14(15)22-17)18(24)12-8-6-11(10-20)7-9-12/h3-9,22H,10H2,1-2H3. The number of ketones is 1. The highest BCUT2D eigenvalue weighted by Crippen LogP contribution is 2.31. The zero-order valence-corrected chi connectivity index (χ0v) is 15.3. The number of aromatic nitrogens is 1. The maximum atomic E-state index is 13.1. The quantitative estimate of drug-likeness (QED) is 0.540. The monoisotopic (exact) mass is 374 g/mol. The summed E-state index contributed by atoms with van der Waals surface area (Å²) in [4.78, 5) is 30.2. The Morgan fingerprint density at radius 2 is 1.76 bits per heavy atom. The Bertz CT molecular complexity index is 959. The van der Waals surface area contributed by atoms with E-state index >= 15 is 0 Å². The van der Waals surface area contributed by atoms with Crippen molar-refractivity contribution in [3.8, 4) is 0 Å². The van der Waals surface area contributed by atoms with Crippen molar-refractivity contribution in [2.24, 2.45) is 0 Å². The summed E-state index contributed by atoms with van der Waals surface area (Å²) < 4.78 is 0. The third-order valence-electron chi connectivity index (χ3n) is 3.99. The van der Waals surface area contributed by atoms with Gasteiger partial charge in [0.1, 0.15) is 5.69 Å². The van der Waals surface area contributed by atoms with Crippen LogP contribution in [0, 0.1) is 0 Å². The number of rotatable bonds is 4. The largest absolute Gasteiger partial charge is 0.350 e. The van der Waals surface area contributed by atoms with E-state index in [1.54, 1.807) is 56.6 Å². The van der Waals surface area contributed by atoms with Crippen LogP contribution < -0.4 is 0 Å². The lowest BCUT2D eigenvalue weighted by Gasteiger charge is -2.11. The Labute approximate surface area is 155 Å². The predicted molar refractivity (Wildman–Crippen MR) is 101 cm³/mol. The zero-order valence-electron chi connectivity index (χ0n) is 13.8. The van der Waals surface area contributed by atoms with E-state index in [4.69, 9.17) is 23.2 Å². The molecule has 1 heterocycles. The van der Waals surface area contributed by atoms with Gasteiger partial charge in [0.05, 0.1) is 10.6 Å². The fraction of sp³-hybridized carbons (Fsp3) is 0.158. The topological polar surface area (TPSA) is 53.2 Å². The van der Waals surface area contributed by atoms with Gasteiger partial charge in [-0.1, -0.05) is 41.9 Å². The van der Waals surface area contributed by atoms with E-state index in [-0.39, 0.29) is 22.9 Å². The minimum Gasteiger partial charge on any atom is -0.350 e. The molecule has 1 amide bonds. The van der Waals surface area contributed by atoms with E-state index in [2.05, 4.69) is 4.98 Å². The molecule has 0 unspecified atom stereocenters. The number of nitrogens with one attached hydrogen (secondary N) is 1. The molecule has 6 heteroatoms. The van der Waals surface area contributed by atoms with Crippen LogP contribution in [0.5, 0.6) is 0 Å². The van der Waals surface area contributed by atoms with Gasteiger partial charge < -0.3 is 9.88 Å².